The Morgan fingerprint density at radius 2 is 1.84 bits per heavy atom. The van der Waals surface area contributed by atoms with Gasteiger partial charge in [-0.05, 0) is 48.4 Å². The highest BCUT2D eigenvalue weighted by molar-refractivity contribution is 5.83. The molecule has 19 heavy (non-hydrogen) atoms. The highest BCUT2D eigenvalue weighted by atomic mass is 14.6. The lowest BCUT2D eigenvalue weighted by atomic mass is 9.90. The second kappa shape index (κ2) is 5.58. The number of allylic oxidation sites excluding steroid dienone is 1. The molecule has 3 rings (SSSR count). The standard InChI is InChI=1S/C18H21N/c19-18(16-7-2-1-3-8-16)13-14-10-11-15-6-4-5-9-17(15)12-14/h4-7,9-12,18H,1-3,8,13,19H2. The number of fused-ring (bicyclic) bond motifs is 1. The van der Waals surface area contributed by atoms with Crippen molar-refractivity contribution in [3.05, 3.63) is 59.7 Å². The highest BCUT2D eigenvalue weighted by Crippen LogP contribution is 2.22. The topological polar surface area (TPSA) is 26.0 Å². The van der Waals surface area contributed by atoms with Gasteiger partial charge in [-0.15, -0.1) is 0 Å². The minimum atomic E-state index is 0.196. The molecule has 1 nitrogen and oxygen atoms in total. The molecule has 1 aliphatic rings. The normalized spacial score (nSPS) is 17.2. The van der Waals surface area contributed by atoms with Crippen molar-refractivity contribution >= 4 is 10.8 Å². The van der Waals surface area contributed by atoms with Crippen LogP contribution in [0.5, 0.6) is 0 Å². The second-order valence-electron chi connectivity index (χ2n) is 5.52. The van der Waals surface area contributed by atoms with E-state index >= 15 is 0 Å². The first-order valence-electron chi connectivity index (χ1n) is 7.25. The zero-order valence-corrected chi connectivity index (χ0v) is 11.3. The summed E-state index contributed by atoms with van der Waals surface area (Å²) in [7, 11) is 0. The Morgan fingerprint density at radius 3 is 2.63 bits per heavy atom. The first-order valence-corrected chi connectivity index (χ1v) is 7.25. The maximum Gasteiger partial charge on any atom is 0.0294 e. The second-order valence-corrected chi connectivity index (χ2v) is 5.52. The van der Waals surface area contributed by atoms with Crippen molar-refractivity contribution in [2.75, 3.05) is 0 Å². The van der Waals surface area contributed by atoms with Crippen molar-refractivity contribution in [3.63, 3.8) is 0 Å². The van der Waals surface area contributed by atoms with Crippen LogP contribution in [0.2, 0.25) is 0 Å². The first kappa shape index (κ1) is 12.4. The quantitative estimate of drug-likeness (QED) is 0.812. The van der Waals surface area contributed by atoms with Gasteiger partial charge in [0.2, 0.25) is 0 Å². The molecular formula is C18H21N. The van der Waals surface area contributed by atoms with Crippen molar-refractivity contribution < 1.29 is 0 Å². The van der Waals surface area contributed by atoms with Crippen LogP contribution in [0.1, 0.15) is 31.2 Å². The maximum atomic E-state index is 6.36. The lowest BCUT2D eigenvalue weighted by Crippen LogP contribution is -2.26. The van der Waals surface area contributed by atoms with Gasteiger partial charge in [0.25, 0.3) is 0 Å². The Balaban J connectivity index is 1.79. The van der Waals surface area contributed by atoms with Crippen molar-refractivity contribution in [3.8, 4) is 0 Å². The number of hydrogen-bond acceptors (Lipinski definition) is 1. The average Bonchev–Trinajstić information content (AvgIpc) is 2.48. The van der Waals surface area contributed by atoms with Gasteiger partial charge in [-0.3, -0.25) is 0 Å². The predicted octanol–water partition coefficient (Wildman–Crippen LogP) is 4.21. The molecule has 0 amide bonds. The van der Waals surface area contributed by atoms with Crippen LogP contribution in [0.15, 0.2) is 54.1 Å². The fourth-order valence-corrected chi connectivity index (χ4v) is 2.95. The fraction of sp³-hybridized carbons (Fsp3) is 0.333. The van der Waals surface area contributed by atoms with Crippen LogP contribution in [-0.4, -0.2) is 6.04 Å². The third-order valence-electron chi connectivity index (χ3n) is 4.07. The van der Waals surface area contributed by atoms with E-state index < -0.39 is 0 Å². The lowest BCUT2D eigenvalue weighted by molar-refractivity contribution is 0.630. The van der Waals surface area contributed by atoms with E-state index in [4.69, 9.17) is 5.73 Å². The number of rotatable bonds is 3. The fourth-order valence-electron chi connectivity index (χ4n) is 2.95. The Bertz CT molecular complexity index is 597. The van der Waals surface area contributed by atoms with Gasteiger partial charge in [0.05, 0.1) is 0 Å². The van der Waals surface area contributed by atoms with Gasteiger partial charge >= 0.3 is 0 Å². The molecule has 0 bridgehead atoms. The summed E-state index contributed by atoms with van der Waals surface area (Å²) in [6, 6.07) is 15.4. The smallest absolute Gasteiger partial charge is 0.0294 e. The average molecular weight is 251 g/mol. The van der Waals surface area contributed by atoms with E-state index in [1.54, 1.807) is 0 Å². The molecule has 0 spiro atoms. The van der Waals surface area contributed by atoms with Gasteiger partial charge in [0.15, 0.2) is 0 Å². The molecule has 0 aromatic heterocycles. The van der Waals surface area contributed by atoms with Gasteiger partial charge in [0.1, 0.15) is 0 Å². The van der Waals surface area contributed by atoms with Crippen molar-refractivity contribution in [1.29, 1.82) is 0 Å². The molecule has 2 aromatic rings. The van der Waals surface area contributed by atoms with E-state index in [9.17, 15) is 0 Å². The van der Waals surface area contributed by atoms with Crippen molar-refractivity contribution in [2.45, 2.75) is 38.1 Å². The monoisotopic (exact) mass is 251 g/mol. The van der Waals surface area contributed by atoms with Gasteiger partial charge < -0.3 is 5.73 Å². The molecule has 0 saturated heterocycles. The van der Waals surface area contributed by atoms with Crippen LogP contribution in [-0.2, 0) is 6.42 Å². The van der Waals surface area contributed by atoms with E-state index in [1.807, 2.05) is 0 Å². The summed E-state index contributed by atoms with van der Waals surface area (Å²) >= 11 is 0. The van der Waals surface area contributed by atoms with Crippen LogP contribution in [0.25, 0.3) is 10.8 Å². The first-order chi connectivity index (χ1) is 9.33. The molecule has 0 aliphatic heterocycles. The van der Waals surface area contributed by atoms with Crippen LogP contribution in [0.3, 0.4) is 0 Å². The zero-order chi connectivity index (χ0) is 13.1. The van der Waals surface area contributed by atoms with E-state index in [0.717, 1.165) is 6.42 Å². The summed E-state index contributed by atoms with van der Waals surface area (Å²) < 4.78 is 0. The molecular weight excluding hydrogens is 230 g/mol. The van der Waals surface area contributed by atoms with Crippen LogP contribution in [0, 0.1) is 0 Å². The molecule has 2 aromatic carbocycles. The molecule has 1 heteroatoms. The Labute approximate surface area is 115 Å². The Morgan fingerprint density at radius 1 is 1.00 bits per heavy atom. The largest absolute Gasteiger partial charge is 0.324 e. The minimum absolute atomic E-state index is 0.196. The Hall–Kier alpha value is -1.60. The molecule has 2 N–H and O–H groups in total. The summed E-state index contributed by atoms with van der Waals surface area (Å²) in [5.74, 6) is 0. The van der Waals surface area contributed by atoms with Crippen LogP contribution in [0.4, 0.5) is 0 Å². The molecule has 0 heterocycles. The van der Waals surface area contributed by atoms with Gasteiger partial charge in [-0.25, -0.2) is 0 Å². The number of hydrogen-bond donors (Lipinski definition) is 1. The third-order valence-corrected chi connectivity index (χ3v) is 4.07. The number of benzene rings is 2. The maximum absolute atomic E-state index is 6.36. The Kier molecular flexibility index (Phi) is 3.65. The summed E-state index contributed by atoms with van der Waals surface area (Å²) in [6.07, 6.45) is 8.34. The molecule has 0 fully saturated rings. The van der Waals surface area contributed by atoms with E-state index in [0.29, 0.717) is 0 Å². The summed E-state index contributed by atoms with van der Waals surface area (Å²) in [5, 5.41) is 2.61. The highest BCUT2D eigenvalue weighted by Gasteiger charge is 2.12. The third kappa shape index (κ3) is 2.87. The van der Waals surface area contributed by atoms with Gasteiger partial charge in [-0.2, -0.15) is 0 Å². The van der Waals surface area contributed by atoms with E-state index in [2.05, 4.69) is 48.5 Å². The molecule has 1 aliphatic carbocycles. The van der Waals surface area contributed by atoms with Crippen LogP contribution < -0.4 is 5.73 Å². The predicted molar refractivity (Wildman–Crippen MR) is 82.2 cm³/mol. The zero-order valence-electron chi connectivity index (χ0n) is 11.3. The van der Waals surface area contributed by atoms with E-state index in [1.165, 1.54) is 47.6 Å². The molecule has 1 atom stereocenters. The number of nitrogens with two attached hydrogens (primary N) is 1. The molecule has 98 valence electrons. The lowest BCUT2D eigenvalue weighted by Gasteiger charge is -2.19. The van der Waals surface area contributed by atoms with Crippen molar-refractivity contribution in [2.24, 2.45) is 5.73 Å². The van der Waals surface area contributed by atoms with Gasteiger partial charge in [0, 0.05) is 6.04 Å². The van der Waals surface area contributed by atoms with Crippen LogP contribution >= 0.6 is 0 Å². The van der Waals surface area contributed by atoms with Gasteiger partial charge in [-0.1, -0.05) is 54.1 Å². The van der Waals surface area contributed by atoms with E-state index in [-0.39, 0.29) is 6.04 Å². The molecule has 0 saturated carbocycles. The van der Waals surface area contributed by atoms with Crippen molar-refractivity contribution in [1.82, 2.24) is 0 Å². The summed E-state index contributed by atoms with van der Waals surface area (Å²) in [5.41, 5.74) is 9.16. The summed E-state index contributed by atoms with van der Waals surface area (Å²) in [4.78, 5) is 0. The SMILES string of the molecule is NC(Cc1ccc2ccccc2c1)C1=CCCCC1. The summed E-state index contributed by atoms with van der Waals surface area (Å²) in [6.45, 7) is 0. The molecule has 1 unspecified atom stereocenters. The molecule has 0 radical (unpaired) electrons. The minimum Gasteiger partial charge on any atom is -0.324 e.